The standard InChI is InChI=1S/C13H18N2O2/c1-16-9-3-8-15-11(17-2)10(9)12(4-5-12)13(14)6-7-13/h3,8H,4-7,14H2,1-2H3. The number of aromatic nitrogens is 1. The van der Waals surface area contributed by atoms with E-state index in [2.05, 4.69) is 4.98 Å². The Morgan fingerprint density at radius 1 is 1.18 bits per heavy atom. The van der Waals surface area contributed by atoms with Crippen molar-refractivity contribution in [2.45, 2.75) is 36.6 Å². The molecule has 0 aliphatic heterocycles. The van der Waals surface area contributed by atoms with Gasteiger partial charge in [-0.2, -0.15) is 0 Å². The largest absolute Gasteiger partial charge is 0.496 e. The molecule has 0 spiro atoms. The highest BCUT2D eigenvalue weighted by Gasteiger charge is 2.66. The Morgan fingerprint density at radius 2 is 1.88 bits per heavy atom. The van der Waals surface area contributed by atoms with Crippen LogP contribution >= 0.6 is 0 Å². The molecule has 0 atom stereocenters. The molecule has 2 fully saturated rings. The average Bonchev–Trinajstić information content (AvgIpc) is 3.24. The van der Waals surface area contributed by atoms with Crippen LogP contribution in [0.15, 0.2) is 12.3 Å². The second-order valence-corrected chi connectivity index (χ2v) is 5.14. The van der Waals surface area contributed by atoms with Crippen LogP contribution in [0.25, 0.3) is 0 Å². The first-order valence-corrected chi connectivity index (χ1v) is 6.03. The molecule has 1 heterocycles. The van der Waals surface area contributed by atoms with Crippen molar-refractivity contribution in [3.8, 4) is 11.6 Å². The second-order valence-electron chi connectivity index (χ2n) is 5.14. The topological polar surface area (TPSA) is 57.4 Å². The summed E-state index contributed by atoms with van der Waals surface area (Å²) < 4.78 is 10.9. The number of nitrogens with zero attached hydrogens (tertiary/aromatic N) is 1. The Balaban J connectivity index is 2.13. The number of ether oxygens (including phenoxy) is 2. The lowest BCUT2D eigenvalue weighted by atomic mass is 9.86. The highest BCUT2D eigenvalue weighted by molar-refractivity contribution is 5.53. The van der Waals surface area contributed by atoms with Crippen LogP contribution < -0.4 is 15.2 Å². The Bertz CT molecular complexity index is 428. The molecule has 0 amide bonds. The predicted molar refractivity (Wildman–Crippen MR) is 64.4 cm³/mol. The summed E-state index contributed by atoms with van der Waals surface area (Å²) in [5.74, 6) is 1.52. The van der Waals surface area contributed by atoms with E-state index in [9.17, 15) is 0 Å². The smallest absolute Gasteiger partial charge is 0.220 e. The van der Waals surface area contributed by atoms with Gasteiger partial charge in [0.25, 0.3) is 0 Å². The monoisotopic (exact) mass is 234 g/mol. The molecular weight excluding hydrogens is 216 g/mol. The molecule has 1 aromatic heterocycles. The van der Waals surface area contributed by atoms with E-state index in [4.69, 9.17) is 15.2 Å². The summed E-state index contributed by atoms with van der Waals surface area (Å²) in [5, 5.41) is 0. The third-order valence-corrected chi connectivity index (χ3v) is 4.26. The lowest BCUT2D eigenvalue weighted by molar-refractivity contribution is 0.352. The Kier molecular flexibility index (Phi) is 2.14. The maximum atomic E-state index is 6.43. The minimum Gasteiger partial charge on any atom is -0.496 e. The van der Waals surface area contributed by atoms with Gasteiger partial charge in [0.1, 0.15) is 5.75 Å². The highest BCUT2D eigenvalue weighted by Crippen LogP contribution is 2.66. The van der Waals surface area contributed by atoms with Gasteiger partial charge in [0.15, 0.2) is 0 Å². The Hall–Kier alpha value is -1.29. The quantitative estimate of drug-likeness (QED) is 0.860. The van der Waals surface area contributed by atoms with Gasteiger partial charge >= 0.3 is 0 Å². The van der Waals surface area contributed by atoms with Crippen LogP contribution in [0, 0.1) is 0 Å². The van der Waals surface area contributed by atoms with Crippen LogP contribution in [0.1, 0.15) is 31.2 Å². The summed E-state index contributed by atoms with van der Waals surface area (Å²) in [6.07, 6.45) is 6.12. The predicted octanol–water partition coefficient (Wildman–Crippen LogP) is 1.62. The molecule has 0 saturated heterocycles. The normalized spacial score (nSPS) is 23.0. The average molecular weight is 234 g/mol. The minimum atomic E-state index is -0.0589. The molecule has 4 heteroatoms. The number of rotatable bonds is 4. The molecule has 2 aliphatic carbocycles. The molecule has 0 bridgehead atoms. The number of methoxy groups -OCH3 is 2. The minimum absolute atomic E-state index is 0.0396. The molecule has 0 unspecified atom stereocenters. The van der Waals surface area contributed by atoms with E-state index in [0.717, 1.165) is 37.0 Å². The molecule has 4 nitrogen and oxygen atoms in total. The molecule has 3 rings (SSSR count). The first kappa shape index (κ1) is 10.8. The first-order valence-electron chi connectivity index (χ1n) is 6.03. The van der Waals surface area contributed by atoms with Gasteiger partial charge < -0.3 is 15.2 Å². The van der Waals surface area contributed by atoms with E-state index in [1.54, 1.807) is 20.4 Å². The van der Waals surface area contributed by atoms with Gasteiger partial charge in [-0.05, 0) is 31.7 Å². The molecule has 0 radical (unpaired) electrons. The van der Waals surface area contributed by atoms with Crippen molar-refractivity contribution >= 4 is 0 Å². The molecule has 0 aromatic carbocycles. The van der Waals surface area contributed by atoms with Crippen LogP contribution in [0.3, 0.4) is 0 Å². The fourth-order valence-corrected chi connectivity index (χ4v) is 2.93. The van der Waals surface area contributed by atoms with Crippen molar-refractivity contribution in [3.05, 3.63) is 17.8 Å². The van der Waals surface area contributed by atoms with Crippen LogP contribution in [0.4, 0.5) is 0 Å². The third-order valence-electron chi connectivity index (χ3n) is 4.26. The van der Waals surface area contributed by atoms with Crippen LogP contribution in [0.5, 0.6) is 11.6 Å². The zero-order chi connectivity index (χ0) is 12.1. The summed E-state index contributed by atoms with van der Waals surface area (Å²) in [6.45, 7) is 0. The second kappa shape index (κ2) is 3.35. The molecule has 2 saturated carbocycles. The summed E-state index contributed by atoms with van der Waals surface area (Å²) >= 11 is 0. The van der Waals surface area contributed by atoms with E-state index in [-0.39, 0.29) is 11.0 Å². The van der Waals surface area contributed by atoms with Gasteiger partial charge in [-0.3, -0.25) is 0 Å². The summed E-state index contributed by atoms with van der Waals surface area (Å²) in [5.41, 5.74) is 7.48. The van der Waals surface area contributed by atoms with Gasteiger partial charge in [0.2, 0.25) is 5.88 Å². The molecule has 1 aromatic rings. The highest BCUT2D eigenvalue weighted by atomic mass is 16.5. The van der Waals surface area contributed by atoms with Gasteiger partial charge in [0.05, 0.1) is 19.8 Å². The van der Waals surface area contributed by atoms with Crippen molar-refractivity contribution in [3.63, 3.8) is 0 Å². The lowest BCUT2D eigenvalue weighted by Crippen LogP contribution is -2.37. The molecule has 92 valence electrons. The fourth-order valence-electron chi connectivity index (χ4n) is 2.93. The van der Waals surface area contributed by atoms with Gasteiger partial charge in [-0.15, -0.1) is 0 Å². The molecule has 17 heavy (non-hydrogen) atoms. The lowest BCUT2D eigenvalue weighted by Gasteiger charge is -2.26. The van der Waals surface area contributed by atoms with Crippen LogP contribution in [-0.4, -0.2) is 24.7 Å². The zero-order valence-corrected chi connectivity index (χ0v) is 10.3. The number of hydrogen-bond donors (Lipinski definition) is 1. The maximum Gasteiger partial charge on any atom is 0.220 e. The van der Waals surface area contributed by atoms with E-state index in [0.29, 0.717) is 5.88 Å². The van der Waals surface area contributed by atoms with Crippen molar-refractivity contribution in [2.24, 2.45) is 5.73 Å². The summed E-state index contributed by atoms with van der Waals surface area (Å²) in [6, 6.07) is 1.89. The Labute approximate surface area is 101 Å². The van der Waals surface area contributed by atoms with Gasteiger partial charge in [0, 0.05) is 17.2 Å². The number of pyridine rings is 1. The Morgan fingerprint density at radius 3 is 2.35 bits per heavy atom. The zero-order valence-electron chi connectivity index (χ0n) is 10.3. The maximum absolute atomic E-state index is 6.43. The molecular formula is C13H18N2O2. The van der Waals surface area contributed by atoms with E-state index >= 15 is 0 Å². The van der Waals surface area contributed by atoms with E-state index < -0.39 is 0 Å². The van der Waals surface area contributed by atoms with Crippen LogP contribution in [-0.2, 0) is 5.41 Å². The van der Waals surface area contributed by atoms with Crippen molar-refractivity contribution < 1.29 is 9.47 Å². The SMILES string of the molecule is COc1ccnc(OC)c1C1(C2(N)CC2)CC1. The third kappa shape index (κ3) is 1.37. The number of nitrogens with two attached hydrogens (primary N) is 1. The summed E-state index contributed by atoms with van der Waals surface area (Å²) in [7, 11) is 3.34. The molecule has 2 N–H and O–H groups in total. The van der Waals surface area contributed by atoms with Crippen molar-refractivity contribution in [2.75, 3.05) is 14.2 Å². The number of hydrogen-bond acceptors (Lipinski definition) is 4. The van der Waals surface area contributed by atoms with E-state index in [1.165, 1.54) is 0 Å². The van der Waals surface area contributed by atoms with Crippen molar-refractivity contribution in [1.29, 1.82) is 0 Å². The van der Waals surface area contributed by atoms with Crippen molar-refractivity contribution in [1.82, 2.24) is 4.98 Å². The first-order chi connectivity index (χ1) is 8.17. The van der Waals surface area contributed by atoms with Gasteiger partial charge in [-0.25, -0.2) is 4.98 Å². The summed E-state index contributed by atoms with van der Waals surface area (Å²) in [4.78, 5) is 4.30. The van der Waals surface area contributed by atoms with Crippen LogP contribution in [0.2, 0.25) is 0 Å². The van der Waals surface area contributed by atoms with Gasteiger partial charge in [-0.1, -0.05) is 0 Å². The fraction of sp³-hybridized carbons (Fsp3) is 0.615. The van der Waals surface area contributed by atoms with E-state index in [1.807, 2.05) is 6.07 Å². The molecule has 2 aliphatic rings.